The summed E-state index contributed by atoms with van der Waals surface area (Å²) in [6, 6.07) is 14.0. The van der Waals surface area contributed by atoms with Crippen molar-refractivity contribution in [1.82, 2.24) is 0 Å². The Morgan fingerprint density at radius 1 is 1.08 bits per heavy atom. The SMILES string of the molecule is CC(C)C(=O)Oc1ccccc1N=C(/C=C(\N)C(F)(F)F)c1cc(-c2cccc(S(C)(=O)=O)c2)cs1. The van der Waals surface area contributed by atoms with Crippen LogP contribution in [-0.2, 0) is 14.6 Å². The van der Waals surface area contributed by atoms with E-state index in [1.807, 2.05) is 0 Å². The van der Waals surface area contributed by atoms with E-state index >= 15 is 0 Å². The maximum Gasteiger partial charge on any atom is 0.430 e. The largest absolute Gasteiger partial charge is 0.430 e. The lowest BCUT2D eigenvalue weighted by molar-refractivity contribution is -0.137. The van der Waals surface area contributed by atoms with Crippen LogP contribution in [0.1, 0.15) is 18.7 Å². The molecule has 2 aromatic carbocycles. The molecular formula is C25H23F3N2O4S2. The van der Waals surface area contributed by atoms with Crippen molar-refractivity contribution >= 4 is 38.5 Å². The Bertz CT molecular complexity index is 1440. The van der Waals surface area contributed by atoms with Gasteiger partial charge in [0.15, 0.2) is 15.6 Å². The predicted molar refractivity (Wildman–Crippen MR) is 134 cm³/mol. The normalized spacial score (nSPS) is 13.2. The molecule has 0 aliphatic rings. The number of allylic oxidation sites excluding steroid dienone is 2. The smallest absolute Gasteiger partial charge is 0.424 e. The van der Waals surface area contributed by atoms with E-state index in [4.69, 9.17) is 10.5 Å². The summed E-state index contributed by atoms with van der Waals surface area (Å²) >= 11 is 1.11. The number of thiophene rings is 1. The maximum atomic E-state index is 13.3. The van der Waals surface area contributed by atoms with Gasteiger partial charge in [0.1, 0.15) is 11.4 Å². The number of esters is 1. The second-order valence-electron chi connectivity index (χ2n) is 8.14. The van der Waals surface area contributed by atoms with Gasteiger partial charge in [-0.2, -0.15) is 13.2 Å². The second-order valence-corrected chi connectivity index (χ2v) is 11.1. The van der Waals surface area contributed by atoms with Crippen molar-refractivity contribution in [2.75, 3.05) is 6.26 Å². The number of hydrogen-bond donors (Lipinski definition) is 1. The summed E-state index contributed by atoms with van der Waals surface area (Å²) in [5.41, 5.74) is 5.13. The topological polar surface area (TPSA) is 98.8 Å². The van der Waals surface area contributed by atoms with Crippen LogP contribution >= 0.6 is 11.3 Å². The fourth-order valence-electron chi connectivity index (χ4n) is 2.91. The first-order valence-corrected chi connectivity index (χ1v) is 13.4. The Balaban J connectivity index is 2.12. The maximum absolute atomic E-state index is 13.3. The zero-order valence-corrected chi connectivity index (χ0v) is 21.2. The van der Waals surface area contributed by atoms with E-state index in [2.05, 4.69) is 4.99 Å². The molecule has 0 spiro atoms. The number of nitrogens with two attached hydrogens (primary N) is 1. The fourth-order valence-corrected chi connectivity index (χ4v) is 4.45. The van der Waals surface area contributed by atoms with Crippen molar-refractivity contribution in [3.63, 3.8) is 0 Å². The molecular weight excluding hydrogens is 513 g/mol. The number of alkyl halides is 3. The molecule has 0 atom stereocenters. The first-order valence-electron chi connectivity index (χ1n) is 10.6. The molecule has 0 saturated heterocycles. The molecule has 2 N–H and O–H groups in total. The molecule has 0 aliphatic carbocycles. The molecule has 36 heavy (non-hydrogen) atoms. The van der Waals surface area contributed by atoms with Gasteiger partial charge in [-0.05, 0) is 52.9 Å². The molecule has 0 aliphatic heterocycles. The van der Waals surface area contributed by atoms with Gasteiger partial charge in [0.25, 0.3) is 0 Å². The van der Waals surface area contributed by atoms with E-state index in [1.165, 1.54) is 24.3 Å². The summed E-state index contributed by atoms with van der Waals surface area (Å²) in [6.07, 6.45) is -2.98. The molecule has 0 fully saturated rings. The Morgan fingerprint density at radius 2 is 1.78 bits per heavy atom. The number of carbonyl (C=O) groups is 1. The highest BCUT2D eigenvalue weighted by molar-refractivity contribution is 7.90. The average molecular weight is 537 g/mol. The highest BCUT2D eigenvalue weighted by Gasteiger charge is 2.32. The lowest BCUT2D eigenvalue weighted by Crippen LogP contribution is -2.20. The van der Waals surface area contributed by atoms with E-state index in [0.717, 1.165) is 17.6 Å². The summed E-state index contributed by atoms with van der Waals surface area (Å²) in [5.74, 6) is -0.858. The number of para-hydroxylation sites is 2. The molecule has 0 radical (unpaired) electrons. The lowest BCUT2D eigenvalue weighted by atomic mass is 10.1. The summed E-state index contributed by atoms with van der Waals surface area (Å²) < 4.78 is 69.0. The standard InChI is InChI=1S/C25H23F3N2O4S2/c1-15(2)24(31)34-21-10-5-4-9-19(21)30-20(13-23(29)25(26,27)28)22-12-17(14-35-22)16-7-6-8-18(11-16)36(3,32)33/h4-15H,29H2,1-3H3/b23-13-,30-20?. The monoisotopic (exact) mass is 536 g/mol. The quantitative estimate of drug-likeness (QED) is 0.230. The number of hydrogen-bond acceptors (Lipinski definition) is 7. The van der Waals surface area contributed by atoms with Crippen molar-refractivity contribution in [3.05, 3.63) is 76.6 Å². The van der Waals surface area contributed by atoms with Gasteiger partial charge < -0.3 is 10.5 Å². The molecule has 11 heteroatoms. The minimum absolute atomic E-state index is 0.0883. The molecule has 190 valence electrons. The Labute approximate surface area is 210 Å². The van der Waals surface area contributed by atoms with Crippen LogP contribution in [-0.4, -0.2) is 32.5 Å². The van der Waals surface area contributed by atoms with Gasteiger partial charge in [-0.1, -0.05) is 38.1 Å². The number of aliphatic imine (C=N–C) groups is 1. The van der Waals surface area contributed by atoms with Gasteiger partial charge in [0.2, 0.25) is 0 Å². The molecule has 1 aromatic heterocycles. The highest BCUT2D eigenvalue weighted by Crippen LogP contribution is 2.33. The number of halogens is 3. The van der Waals surface area contributed by atoms with Crippen molar-refractivity contribution in [3.8, 4) is 16.9 Å². The number of carbonyl (C=O) groups excluding carboxylic acids is 1. The van der Waals surface area contributed by atoms with E-state index in [9.17, 15) is 26.4 Å². The lowest BCUT2D eigenvalue weighted by Gasteiger charge is -2.10. The van der Waals surface area contributed by atoms with Gasteiger partial charge in [-0.3, -0.25) is 4.79 Å². The molecule has 3 aromatic rings. The minimum Gasteiger partial charge on any atom is -0.424 e. The van der Waals surface area contributed by atoms with Crippen LogP contribution in [0.25, 0.3) is 11.1 Å². The highest BCUT2D eigenvalue weighted by atomic mass is 32.2. The molecule has 0 saturated carbocycles. The van der Waals surface area contributed by atoms with Gasteiger partial charge in [0.05, 0.1) is 21.4 Å². The number of ether oxygens (including phenoxy) is 1. The van der Waals surface area contributed by atoms with Crippen molar-refractivity contribution in [2.24, 2.45) is 16.6 Å². The van der Waals surface area contributed by atoms with Crippen molar-refractivity contribution in [2.45, 2.75) is 24.9 Å². The summed E-state index contributed by atoms with van der Waals surface area (Å²) in [6.45, 7) is 3.30. The van der Waals surface area contributed by atoms with Gasteiger partial charge in [-0.25, -0.2) is 13.4 Å². The van der Waals surface area contributed by atoms with Crippen molar-refractivity contribution in [1.29, 1.82) is 0 Å². The zero-order chi connectivity index (χ0) is 26.7. The number of sulfone groups is 1. The van der Waals surface area contributed by atoms with Crippen LogP contribution in [0, 0.1) is 5.92 Å². The van der Waals surface area contributed by atoms with Crippen LogP contribution in [0.15, 0.2) is 81.6 Å². The molecule has 0 bridgehead atoms. The van der Waals surface area contributed by atoms with Crippen LogP contribution < -0.4 is 10.5 Å². The van der Waals surface area contributed by atoms with Crippen LogP contribution in [0.3, 0.4) is 0 Å². The Morgan fingerprint density at radius 3 is 2.42 bits per heavy atom. The summed E-state index contributed by atoms with van der Waals surface area (Å²) in [7, 11) is -3.45. The Kier molecular flexibility index (Phi) is 8.05. The second kappa shape index (κ2) is 10.7. The average Bonchev–Trinajstić information content (AvgIpc) is 3.29. The summed E-state index contributed by atoms with van der Waals surface area (Å²) in [4.78, 5) is 16.9. The molecule has 3 rings (SSSR count). The molecule has 6 nitrogen and oxygen atoms in total. The number of rotatable bonds is 7. The third kappa shape index (κ3) is 6.82. The van der Waals surface area contributed by atoms with E-state index in [-0.39, 0.29) is 22.0 Å². The number of benzene rings is 2. The van der Waals surface area contributed by atoms with Crippen LogP contribution in [0.4, 0.5) is 18.9 Å². The molecule has 0 unspecified atom stereocenters. The first-order chi connectivity index (χ1) is 16.8. The van der Waals surface area contributed by atoms with Gasteiger partial charge >= 0.3 is 12.1 Å². The molecule has 0 amide bonds. The third-order valence-electron chi connectivity index (χ3n) is 4.86. The minimum atomic E-state index is -4.78. The third-order valence-corrected chi connectivity index (χ3v) is 6.92. The van der Waals surface area contributed by atoms with Crippen molar-refractivity contribution < 1.29 is 31.1 Å². The van der Waals surface area contributed by atoms with Gasteiger partial charge in [0, 0.05) is 6.26 Å². The van der Waals surface area contributed by atoms with E-state index in [0.29, 0.717) is 22.1 Å². The summed E-state index contributed by atoms with van der Waals surface area (Å²) in [5, 5.41) is 1.68. The van der Waals surface area contributed by atoms with Crippen LogP contribution in [0.2, 0.25) is 0 Å². The van der Waals surface area contributed by atoms with E-state index in [1.54, 1.807) is 49.6 Å². The predicted octanol–water partition coefficient (Wildman–Crippen LogP) is 5.91. The first kappa shape index (κ1) is 27.2. The fraction of sp³-hybridized carbons (Fsp3) is 0.200. The van der Waals surface area contributed by atoms with E-state index < -0.39 is 33.6 Å². The zero-order valence-electron chi connectivity index (χ0n) is 19.5. The number of nitrogens with zero attached hydrogens (tertiary/aromatic N) is 1. The van der Waals surface area contributed by atoms with Gasteiger partial charge in [-0.15, -0.1) is 11.3 Å². The van der Waals surface area contributed by atoms with Crippen LogP contribution in [0.5, 0.6) is 5.75 Å². The Hall–Kier alpha value is -3.44. The molecule has 1 heterocycles.